The van der Waals surface area contributed by atoms with Gasteiger partial charge < -0.3 is 9.88 Å². The van der Waals surface area contributed by atoms with E-state index < -0.39 is 0 Å². The number of Topliss-reactive ketones (excluding diaryl/α,β-unsaturated/α-hetero) is 1. The maximum absolute atomic E-state index is 13.1. The molecule has 0 amide bonds. The van der Waals surface area contributed by atoms with Crippen LogP contribution in [-0.4, -0.2) is 35.8 Å². The number of fused-ring (bicyclic) bond motifs is 1. The van der Waals surface area contributed by atoms with E-state index in [-0.39, 0.29) is 5.78 Å². The largest absolute Gasteiger partial charge is 0.361 e. The number of carbonyl (C=O) groups is 1. The van der Waals surface area contributed by atoms with Gasteiger partial charge in [0.05, 0.1) is 0 Å². The lowest BCUT2D eigenvalue weighted by atomic mass is 9.95. The zero-order valence-corrected chi connectivity index (χ0v) is 17.8. The molecule has 0 radical (unpaired) electrons. The van der Waals surface area contributed by atoms with E-state index in [0.717, 1.165) is 47.3 Å². The molecule has 1 aliphatic rings. The molecule has 5 rings (SSSR count). The number of H-pyrrole nitrogens is 1. The van der Waals surface area contributed by atoms with Gasteiger partial charge in [-0.2, -0.15) is 0 Å². The standard InChI is InChI=1S/C28H26N2O/c1-30-14-12-22(13-15-30)26-19-29-27-11-10-20(16-25(26)27)17-28(31)24-9-5-8-23(18-24)21-6-3-2-4-7-21/h2-12,16,18-19,29H,13-15,17H2,1H3. The molecule has 1 aromatic heterocycles. The van der Waals surface area contributed by atoms with Gasteiger partial charge in [0.15, 0.2) is 5.78 Å². The van der Waals surface area contributed by atoms with Crippen LogP contribution in [0.5, 0.6) is 0 Å². The Labute approximate surface area is 183 Å². The van der Waals surface area contributed by atoms with Crippen molar-refractivity contribution >= 4 is 22.3 Å². The van der Waals surface area contributed by atoms with Gasteiger partial charge in [-0.1, -0.05) is 60.7 Å². The Morgan fingerprint density at radius 2 is 1.81 bits per heavy atom. The molecule has 2 heterocycles. The Morgan fingerprint density at radius 1 is 0.968 bits per heavy atom. The first kappa shape index (κ1) is 19.5. The Balaban J connectivity index is 1.41. The minimum absolute atomic E-state index is 0.146. The lowest BCUT2D eigenvalue weighted by Gasteiger charge is -2.21. The molecule has 0 fully saturated rings. The molecule has 31 heavy (non-hydrogen) atoms. The van der Waals surface area contributed by atoms with Gasteiger partial charge in [-0.15, -0.1) is 0 Å². The first-order valence-electron chi connectivity index (χ1n) is 10.8. The van der Waals surface area contributed by atoms with E-state index >= 15 is 0 Å². The highest BCUT2D eigenvalue weighted by atomic mass is 16.1. The number of nitrogens with one attached hydrogen (secondary N) is 1. The number of hydrogen-bond acceptors (Lipinski definition) is 2. The van der Waals surface area contributed by atoms with Crippen LogP contribution in [0.1, 0.15) is 27.9 Å². The average molecular weight is 407 g/mol. The maximum Gasteiger partial charge on any atom is 0.167 e. The first-order chi connectivity index (χ1) is 15.2. The zero-order chi connectivity index (χ0) is 21.2. The molecule has 0 spiro atoms. The number of aromatic nitrogens is 1. The lowest BCUT2D eigenvalue weighted by molar-refractivity contribution is 0.0993. The summed E-state index contributed by atoms with van der Waals surface area (Å²) in [5.41, 5.74) is 7.79. The van der Waals surface area contributed by atoms with Crippen LogP contribution in [0.3, 0.4) is 0 Å². The minimum Gasteiger partial charge on any atom is -0.361 e. The van der Waals surface area contributed by atoms with Crippen molar-refractivity contribution in [2.75, 3.05) is 20.1 Å². The molecule has 154 valence electrons. The highest BCUT2D eigenvalue weighted by Crippen LogP contribution is 2.30. The van der Waals surface area contributed by atoms with Crippen LogP contribution in [0.4, 0.5) is 0 Å². The van der Waals surface area contributed by atoms with Crippen molar-refractivity contribution in [3.8, 4) is 11.1 Å². The van der Waals surface area contributed by atoms with Crippen molar-refractivity contribution in [3.05, 3.63) is 102 Å². The fourth-order valence-electron chi connectivity index (χ4n) is 4.35. The van der Waals surface area contributed by atoms with Gasteiger partial charge in [0.25, 0.3) is 0 Å². The normalized spacial score (nSPS) is 14.5. The van der Waals surface area contributed by atoms with Crippen molar-refractivity contribution < 1.29 is 4.79 Å². The smallest absolute Gasteiger partial charge is 0.167 e. The molecule has 3 heteroatoms. The third-order valence-corrected chi connectivity index (χ3v) is 6.16. The van der Waals surface area contributed by atoms with E-state index in [2.05, 4.69) is 65.6 Å². The Bertz CT molecular complexity index is 1270. The molecule has 0 atom stereocenters. The summed E-state index contributed by atoms with van der Waals surface area (Å²) in [6.45, 7) is 2.06. The highest BCUT2D eigenvalue weighted by molar-refractivity contribution is 6.00. The topological polar surface area (TPSA) is 36.1 Å². The van der Waals surface area contributed by atoms with Gasteiger partial charge >= 0.3 is 0 Å². The number of nitrogens with zero attached hydrogens (tertiary/aromatic N) is 1. The summed E-state index contributed by atoms with van der Waals surface area (Å²) < 4.78 is 0. The quantitative estimate of drug-likeness (QED) is 0.414. The third kappa shape index (κ3) is 4.10. The summed E-state index contributed by atoms with van der Waals surface area (Å²) in [5.74, 6) is 0.146. The monoisotopic (exact) mass is 406 g/mol. The average Bonchev–Trinajstić information content (AvgIpc) is 3.23. The molecule has 0 saturated heterocycles. The molecular weight excluding hydrogens is 380 g/mol. The van der Waals surface area contributed by atoms with Gasteiger partial charge in [-0.3, -0.25) is 4.79 Å². The molecule has 0 aliphatic carbocycles. The Morgan fingerprint density at radius 3 is 2.61 bits per heavy atom. The van der Waals surface area contributed by atoms with Crippen molar-refractivity contribution in [3.63, 3.8) is 0 Å². The number of carbonyl (C=O) groups excluding carboxylic acids is 1. The van der Waals surface area contributed by atoms with Gasteiger partial charge in [0.2, 0.25) is 0 Å². The van der Waals surface area contributed by atoms with Crippen LogP contribution >= 0.6 is 0 Å². The lowest BCUT2D eigenvalue weighted by Crippen LogP contribution is -2.23. The number of hydrogen-bond donors (Lipinski definition) is 1. The predicted molar refractivity (Wildman–Crippen MR) is 128 cm³/mol. The molecule has 4 aromatic rings. The zero-order valence-electron chi connectivity index (χ0n) is 17.8. The molecular formula is C28H26N2O. The molecule has 1 aliphatic heterocycles. The molecule has 3 nitrogen and oxygen atoms in total. The van der Waals surface area contributed by atoms with Crippen LogP contribution in [0.2, 0.25) is 0 Å². The molecule has 3 aromatic carbocycles. The maximum atomic E-state index is 13.1. The van der Waals surface area contributed by atoms with Crippen LogP contribution < -0.4 is 0 Å². The molecule has 1 N–H and O–H groups in total. The fraction of sp³-hybridized carbons (Fsp3) is 0.179. The van der Waals surface area contributed by atoms with Crippen LogP contribution in [0.25, 0.3) is 27.6 Å². The predicted octanol–water partition coefficient (Wildman–Crippen LogP) is 5.98. The van der Waals surface area contributed by atoms with E-state index in [1.54, 1.807) is 0 Å². The fourth-order valence-corrected chi connectivity index (χ4v) is 4.35. The number of rotatable bonds is 5. The summed E-state index contributed by atoms with van der Waals surface area (Å²) in [6.07, 6.45) is 5.88. The van der Waals surface area contributed by atoms with E-state index in [1.165, 1.54) is 16.5 Å². The number of aromatic amines is 1. The summed E-state index contributed by atoms with van der Waals surface area (Å²) in [7, 11) is 2.15. The summed E-state index contributed by atoms with van der Waals surface area (Å²) in [5, 5.41) is 1.21. The van der Waals surface area contributed by atoms with Gasteiger partial charge in [-0.05, 0) is 53.9 Å². The van der Waals surface area contributed by atoms with Crippen LogP contribution in [0, 0.1) is 0 Å². The number of ketones is 1. The first-order valence-corrected chi connectivity index (χ1v) is 10.8. The Kier molecular flexibility index (Phi) is 5.27. The van der Waals surface area contributed by atoms with Crippen molar-refractivity contribution in [2.45, 2.75) is 12.8 Å². The minimum atomic E-state index is 0.146. The van der Waals surface area contributed by atoms with Gasteiger partial charge in [-0.25, -0.2) is 0 Å². The van der Waals surface area contributed by atoms with E-state index in [1.807, 2.05) is 36.4 Å². The second kappa shape index (κ2) is 8.37. The van der Waals surface area contributed by atoms with E-state index in [0.29, 0.717) is 6.42 Å². The van der Waals surface area contributed by atoms with Crippen molar-refractivity contribution in [2.24, 2.45) is 0 Å². The van der Waals surface area contributed by atoms with Crippen molar-refractivity contribution in [1.29, 1.82) is 0 Å². The third-order valence-electron chi connectivity index (χ3n) is 6.16. The van der Waals surface area contributed by atoms with Gasteiger partial charge in [0.1, 0.15) is 0 Å². The second-order valence-electron chi connectivity index (χ2n) is 8.37. The number of benzene rings is 3. The summed E-state index contributed by atoms with van der Waals surface area (Å²) >= 11 is 0. The Hall–Kier alpha value is -3.43. The summed E-state index contributed by atoms with van der Waals surface area (Å²) in [4.78, 5) is 18.8. The molecule has 0 bridgehead atoms. The van der Waals surface area contributed by atoms with E-state index in [4.69, 9.17) is 0 Å². The summed E-state index contributed by atoms with van der Waals surface area (Å²) in [6, 6.07) is 24.5. The highest BCUT2D eigenvalue weighted by Gasteiger charge is 2.15. The molecule has 0 saturated carbocycles. The van der Waals surface area contributed by atoms with Gasteiger partial charge in [0, 0.05) is 47.7 Å². The van der Waals surface area contributed by atoms with Crippen LogP contribution in [0.15, 0.2) is 85.1 Å². The second-order valence-corrected chi connectivity index (χ2v) is 8.37. The molecule has 0 unspecified atom stereocenters. The van der Waals surface area contributed by atoms with E-state index in [9.17, 15) is 4.79 Å². The number of likely N-dealkylation sites (N-methyl/N-ethyl adjacent to an activating group) is 1. The van der Waals surface area contributed by atoms with Crippen LogP contribution in [-0.2, 0) is 6.42 Å². The van der Waals surface area contributed by atoms with Crippen molar-refractivity contribution in [1.82, 2.24) is 9.88 Å². The SMILES string of the molecule is CN1CC=C(c2c[nH]c3ccc(CC(=O)c4cccc(-c5ccccc5)c4)cc23)CC1.